The summed E-state index contributed by atoms with van der Waals surface area (Å²) in [5, 5.41) is 2.82. The number of para-hydroxylation sites is 1. The molecule has 0 aromatic heterocycles. The quantitative estimate of drug-likeness (QED) is 0.676. The van der Waals surface area contributed by atoms with Crippen LogP contribution in [0.2, 0.25) is 0 Å². The van der Waals surface area contributed by atoms with Gasteiger partial charge in [-0.25, -0.2) is 0 Å². The van der Waals surface area contributed by atoms with Crippen molar-refractivity contribution < 1.29 is 9.53 Å². The molecule has 0 aliphatic carbocycles. The molecule has 0 heterocycles. The highest BCUT2D eigenvalue weighted by Crippen LogP contribution is 2.17. The summed E-state index contributed by atoms with van der Waals surface area (Å²) in [7, 11) is 0. The molecule has 5 heteroatoms. The fourth-order valence-corrected chi connectivity index (χ4v) is 2.49. The van der Waals surface area contributed by atoms with Crippen molar-refractivity contribution in [1.82, 2.24) is 0 Å². The van der Waals surface area contributed by atoms with Crippen molar-refractivity contribution in [1.29, 1.82) is 0 Å². The van der Waals surface area contributed by atoms with Crippen LogP contribution in [0.4, 0.5) is 5.69 Å². The maximum absolute atomic E-state index is 11.8. The Kier molecular flexibility index (Phi) is 5.44. The van der Waals surface area contributed by atoms with Crippen molar-refractivity contribution in [2.45, 2.75) is 0 Å². The number of carbonyl (C=O) groups excluding carboxylic acids is 1. The van der Waals surface area contributed by atoms with Crippen LogP contribution in [0.25, 0.3) is 0 Å². The highest BCUT2D eigenvalue weighted by molar-refractivity contribution is 14.1. The number of carbonyl (C=O) groups is 1. The largest absolute Gasteiger partial charge is 0.484 e. The fourth-order valence-electron chi connectivity index (χ4n) is 1.45. The van der Waals surface area contributed by atoms with E-state index in [1.54, 1.807) is 0 Å². The van der Waals surface area contributed by atoms with Gasteiger partial charge in [0.25, 0.3) is 5.91 Å². The molecule has 2 aromatic carbocycles. The van der Waals surface area contributed by atoms with E-state index in [1.807, 2.05) is 48.5 Å². The lowest BCUT2D eigenvalue weighted by molar-refractivity contribution is -0.118. The first-order valence-corrected chi connectivity index (χ1v) is 7.73. The average molecular weight is 479 g/mol. The van der Waals surface area contributed by atoms with Gasteiger partial charge in [-0.15, -0.1) is 0 Å². The molecule has 1 amide bonds. The van der Waals surface area contributed by atoms with Crippen LogP contribution in [0, 0.1) is 7.14 Å². The zero-order valence-electron chi connectivity index (χ0n) is 9.90. The van der Waals surface area contributed by atoms with Crippen LogP contribution in [-0.2, 0) is 4.79 Å². The maximum atomic E-state index is 11.8. The molecule has 0 bridgehead atoms. The van der Waals surface area contributed by atoms with E-state index in [1.165, 1.54) is 0 Å². The molecule has 0 atom stereocenters. The van der Waals surface area contributed by atoms with Gasteiger partial charge in [-0.3, -0.25) is 4.79 Å². The summed E-state index contributed by atoms with van der Waals surface area (Å²) < 4.78 is 7.52. The number of benzene rings is 2. The summed E-state index contributed by atoms with van der Waals surface area (Å²) in [6, 6.07) is 15.2. The number of anilines is 1. The minimum atomic E-state index is -0.164. The van der Waals surface area contributed by atoms with Crippen molar-refractivity contribution in [3.05, 3.63) is 55.7 Å². The van der Waals surface area contributed by atoms with Crippen molar-refractivity contribution in [3.8, 4) is 5.75 Å². The van der Waals surface area contributed by atoms with Gasteiger partial charge in [0, 0.05) is 7.14 Å². The zero-order valence-corrected chi connectivity index (χ0v) is 14.2. The summed E-state index contributed by atoms with van der Waals surface area (Å²) >= 11 is 4.39. The smallest absolute Gasteiger partial charge is 0.262 e. The van der Waals surface area contributed by atoms with Gasteiger partial charge >= 0.3 is 0 Å². The second-order valence-corrected chi connectivity index (χ2v) is 6.18. The molecule has 0 saturated heterocycles. The fraction of sp³-hybridized carbons (Fsp3) is 0.0714. The van der Waals surface area contributed by atoms with E-state index < -0.39 is 0 Å². The second-order valence-electron chi connectivity index (χ2n) is 3.77. The van der Waals surface area contributed by atoms with E-state index in [0.717, 1.165) is 12.8 Å². The Labute approximate surface area is 139 Å². The highest BCUT2D eigenvalue weighted by atomic mass is 127. The summed E-state index contributed by atoms with van der Waals surface area (Å²) in [6.45, 7) is 0.00503. The third-order valence-electron chi connectivity index (χ3n) is 2.31. The first-order chi connectivity index (χ1) is 9.15. The third-order valence-corrected chi connectivity index (χ3v) is 3.93. The van der Waals surface area contributed by atoms with E-state index in [2.05, 4.69) is 50.5 Å². The first-order valence-electron chi connectivity index (χ1n) is 5.58. The Morgan fingerprint density at radius 3 is 2.63 bits per heavy atom. The number of halogens is 2. The molecule has 98 valence electrons. The molecule has 19 heavy (non-hydrogen) atoms. The minimum absolute atomic E-state index is 0.00503. The van der Waals surface area contributed by atoms with Crippen molar-refractivity contribution in [2.24, 2.45) is 0 Å². The molecule has 0 aliphatic heterocycles. The molecular weight excluding hydrogens is 468 g/mol. The van der Waals surface area contributed by atoms with Crippen LogP contribution < -0.4 is 10.1 Å². The summed E-state index contributed by atoms with van der Waals surface area (Å²) in [5.74, 6) is 0.535. The van der Waals surface area contributed by atoms with E-state index in [-0.39, 0.29) is 12.5 Å². The van der Waals surface area contributed by atoms with Gasteiger partial charge in [-0.05, 0) is 75.5 Å². The predicted octanol–water partition coefficient (Wildman–Crippen LogP) is 3.91. The molecule has 0 unspecified atom stereocenters. The Hall–Kier alpha value is -0.830. The molecule has 0 saturated carbocycles. The summed E-state index contributed by atoms with van der Waals surface area (Å²) in [4.78, 5) is 11.8. The van der Waals surface area contributed by atoms with Crippen LogP contribution in [0.15, 0.2) is 48.5 Å². The molecule has 0 fully saturated rings. The lowest BCUT2D eigenvalue weighted by atomic mass is 10.3. The van der Waals surface area contributed by atoms with E-state index in [9.17, 15) is 4.79 Å². The number of ether oxygens (including phenoxy) is 1. The topological polar surface area (TPSA) is 38.3 Å². The zero-order chi connectivity index (χ0) is 13.7. The minimum Gasteiger partial charge on any atom is -0.484 e. The molecular formula is C14H11I2NO2. The molecule has 3 nitrogen and oxygen atoms in total. The first kappa shape index (κ1) is 14.6. The van der Waals surface area contributed by atoms with Crippen LogP contribution >= 0.6 is 45.2 Å². The SMILES string of the molecule is O=C(COc1cccc(I)c1)Nc1ccccc1I. The predicted molar refractivity (Wildman–Crippen MR) is 92.4 cm³/mol. The van der Waals surface area contributed by atoms with Gasteiger partial charge in [0.15, 0.2) is 6.61 Å². The number of amides is 1. The second kappa shape index (κ2) is 7.09. The Bertz CT molecular complexity index is 587. The normalized spacial score (nSPS) is 10.0. The van der Waals surface area contributed by atoms with Crippen molar-refractivity contribution in [3.63, 3.8) is 0 Å². The summed E-state index contributed by atoms with van der Waals surface area (Å²) in [6.07, 6.45) is 0. The monoisotopic (exact) mass is 479 g/mol. The Morgan fingerprint density at radius 1 is 1.11 bits per heavy atom. The van der Waals surface area contributed by atoms with Crippen LogP contribution in [0.5, 0.6) is 5.75 Å². The highest BCUT2D eigenvalue weighted by Gasteiger charge is 2.06. The molecule has 0 aliphatic rings. The number of hydrogen-bond acceptors (Lipinski definition) is 2. The van der Waals surface area contributed by atoms with Crippen LogP contribution in [0.1, 0.15) is 0 Å². The van der Waals surface area contributed by atoms with Gasteiger partial charge in [0.1, 0.15) is 5.75 Å². The molecule has 0 spiro atoms. The van der Waals surface area contributed by atoms with Crippen LogP contribution in [0.3, 0.4) is 0 Å². The van der Waals surface area contributed by atoms with Crippen molar-refractivity contribution >= 4 is 56.8 Å². The van der Waals surface area contributed by atoms with Gasteiger partial charge in [0.05, 0.1) is 5.69 Å². The van der Waals surface area contributed by atoms with Crippen molar-refractivity contribution in [2.75, 3.05) is 11.9 Å². The molecule has 0 radical (unpaired) electrons. The number of hydrogen-bond donors (Lipinski definition) is 1. The molecule has 2 aromatic rings. The van der Waals surface area contributed by atoms with Gasteiger partial charge in [-0.1, -0.05) is 18.2 Å². The Morgan fingerprint density at radius 2 is 1.89 bits per heavy atom. The number of nitrogens with one attached hydrogen (secondary N) is 1. The lowest BCUT2D eigenvalue weighted by Crippen LogP contribution is -2.20. The average Bonchev–Trinajstić information content (AvgIpc) is 2.39. The van der Waals surface area contributed by atoms with E-state index in [4.69, 9.17) is 4.74 Å². The van der Waals surface area contributed by atoms with E-state index in [0.29, 0.717) is 5.75 Å². The molecule has 1 N–H and O–H groups in total. The van der Waals surface area contributed by atoms with Gasteiger partial charge in [0.2, 0.25) is 0 Å². The van der Waals surface area contributed by atoms with Gasteiger partial charge in [-0.2, -0.15) is 0 Å². The molecule has 2 rings (SSSR count). The lowest BCUT2D eigenvalue weighted by Gasteiger charge is -2.09. The maximum Gasteiger partial charge on any atom is 0.262 e. The number of rotatable bonds is 4. The summed E-state index contributed by atoms with van der Waals surface area (Å²) in [5.41, 5.74) is 0.805. The van der Waals surface area contributed by atoms with E-state index >= 15 is 0 Å². The standard InChI is InChI=1S/C14H11I2NO2/c15-10-4-3-5-11(8-10)19-9-14(18)17-13-7-2-1-6-12(13)16/h1-8H,9H2,(H,17,18). The Balaban J connectivity index is 1.90. The third kappa shape index (κ3) is 4.64. The van der Waals surface area contributed by atoms with Crippen LogP contribution in [-0.4, -0.2) is 12.5 Å². The van der Waals surface area contributed by atoms with Gasteiger partial charge < -0.3 is 10.1 Å².